The van der Waals surface area contributed by atoms with Crippen molar-refractivity contribution in [3.05, 3.63) is 41.5 Å². The Hall–Kier alpha value is -2.10. The van der Waals surface area contributed by atoms with Gasteiger partial charge in [0.1, 0.15) is 0 Å². The maximum atomic E-state index is 12.4. The average Bonchev–Trinajstić information content (AvgIpc) is 3.20. The number of benzene rings is 1. The van der Waals surface area contributed by atoms with Gasteiger partial charge in [-0.2, -0.15) is 0 Å². The molecule has 2 N–H and O–H groups in total. The second-order valence-corrected chi connectivity index (χ2v) is 6.29. The van der Waals surface area contributed by atoms with Gasteiger partial charge in [0.25, 0.3) is 0 Å². The Bertz CT molecular complexity index is 612. The molecule has 1 amide bonds. The van der Waals surface area contributed by atoms with Crippen LogP contribution in [0.25, 0.3) is 5.57 Å². The molecule has 0 saturated heterocycles. The van der Waals surface area contributed by atoms with Gasteiger partial charge in [-0.25, -0.2) is 0 Å². The summed E-state index contributed by atoms with van der Waals surface area (Å²) in [6.07, 6.45) is 2.83. The highest BCUT2D eigenvalue weighted by molar-refractivity contribution is 6.05. The Balaban J connectivity index is 1.53. The molecule has 22 heavy (non-hydrogen) atoms. The molecule has 1 aromatic carbocycles. The fraction of sp³-hybridized carbons (Fsp3) is 0.444. The normalized spacial score (nSPS) is 27.4. The number of carbonyl (C=O) groups excluding carboxylic acids is 1. The van der Waals surface area contributed by atoms with Crippen LogP contribution in [0.3, 0.4) is 0 Å². The predicted octanol–water partition coefficient (Wildman–Crippen LogP) is 2.85. The lowest BCUT2D eigenvalue weighted by Crippen LogP contribution is -2.40. The van der Waals surface area contributed by atoms with E-state index >= 15 is 0 Å². The van der Waals surface area contributed by atoms with E-state index in [9.17, 15) is 9.59 Å². The van der Waals surface area contributed by atoms with E-state index in [1.165, 1.54) is 0 Å². The third kappa shape index (κ3) is 2.91. The Morgan fingerprint density at radius 2 is 1.73 bits per heavy atom. The molecule has 3 rings (SSSR count). The fourth-order valence-electron chi connectivity index (χ4n) is 3.44. The number of amides is 1. The molecule has 0 radical (unpaired) electrons. The van der Waals surface area contributed by atoms with E-state index in [2.05, 4.69) is 5.32 Å². The highest BCUT2D eigenvalue weighted by Gasteiger charge is 2.40. The minimum Gasteiger partial charge on any atom is -0.481 e. The van der Waals surface area contributed by atoms with Crippen molar-refractivity contribution < 1.29 is 14.7 Å². The van der Waals surface area contributed by atoms with Gasteiger partial charge in [0.05, 0.1) is 11.8 Å². The Morgan fingerprint density at radius 3 is 2.32 bits per heavy atom. The van der Waals surface area contributed by atoms with E-state index < -0.39 is 5.97 Å². The summed E-state index contributed by atoms with van der Waals surface area (Å²) in [5.74, 6) is -0.987. The molecule has 0 spiro atoms. The summed E-state index contributed by atoms with van der Waals surface area (Å²) < 4.78 is 0. The van der Waals surface area contributed by atoms with Gasteiger partial charge in [-0.3, -0.25) is 9.59 Å². The number of hydrogen-bond acceptors (Lipinski definition) is 2. The fourth-order valence-corrected chi connectivity index (χ4v) is 3.44. The van der Waals surface area contributed by atoms with Gasteiger partial charge in [-0.1, -0.05) is 35.9 Å². The second-order valence-electron chi connectivity index (χ2n) is 6.29. The van der Waals surface area contributed by atoms with Crippen LogP contribution in [0.15, 0.2) is 35.9 Å². The van der Waals surface area contributed by atoms with Crippen molar-refractivity contribution in [2.45, 2.75) is 38.6 Å². The first-order valence-electron chi connectivity index (χ1n) is 7.87. The molecule has 1 aromatic rings. The minimum atomic E-state index is -0.712. The lowest BCUT2D eigenvalue weighted by atomic mass is 9.86. The predicted molar refractivity (Wildman–Crippen MR) is 84.1 cm³/mol. The van der Waals surface area contributed by atoms with Crippen LogP contribution >= 0.6 is 0 Å². The van der Waals surface area contributed by atoms with E-state index in [1.807, 2.05) is 37.3 Å². The average molecular weight is 299 g/mol. The highest BCUT2D eigenvalue weighted by atomic mass is 16.4. The standard InChI is InChI=1S/C18H21NO3/c1-11-15(12-5-3-2-4-6-12)16(11)17(20)19-14-9-7-13(8-10-14)18(21)22/h2-6,13-14,16H,7-10H2,1H3,(H,19,20)(H,21,22). The van der Waals surface area contributed by atoms with Gasteiger partial charge in [-0.05, 0) is 43.7 Å². The summed E-state index contributed by atoms with van der Waals surface area (Å²) in [5.41, 5.74) is 3.40. The van der Waals surface area contributed by atoms with Gasteiger partial charge in [0.15, 0.2) is 0 Å². The molecule has 4 heteroatoms. The summed E-state index contributed by atoms with van der Waals surface area (Å²) in [6.45, 7) is 2.01. The molecule has 0 heterocycles. The first-order chi connectivity index (χ1) is 10.6. The summed E-state index contributed by atoms with van der Waals surface area (Å²) in [7, 11) is 0. The number of carboxylic acids is 1. The molecule has 2 aliphatic carbocycles. The van der Waals surface area contributed by atoms with Gasteiger partial charge < -0.3 is 10.4 Å². The van der Waals surface area contributed by atoms with E-state index in [4.69, 9.17) is 5.11 Å². The first kappa shape index (κ1) is 14.8. The van der Waals surface area contributed by atoms with Gasteiger partial charge >= 0.3 is 5.97 Å². The number of carbonyl (C=O) groups is 2. The van der Waals surface area contributed by atoms with Crippen LogP contribution < -0.4 is 5.32 Å². The topological polar surface area (TPSA) is 66.4 Å². The third-order valence-electron chi connectivity index (χ3n) is 4.83. The smallest absolute Gasteiger partial charge is 0.306 e. The van der Waals surface area contributed by atoms with Gasteiger partial charge in [0.2, 0.25) is 5.91 Å². The Morgan fingerprint density at radius 1 is 1.09 bits per heavy atom. The van der Waals surface area contributed by atoms with E-state index in [0.29, 0.717) is 12.8 Å². The van der Waals surface area contributed by atoms with Crippen molar-refractivity contribution in [1.82, 2.24) is 5.32 Å². The summed E-state index contributed by atoms with van der Waals surface area (Å²) >= 11 is 0. The third-order valence-corrected chi connectivity index (χ3v) is 4.83. The number of hydrogen-bond donors (Lipinski definition) is 2. The minimum absolute atomic E-state index is 0.0649. The molecule has 1 unspecified atom stereocenters. The molecule has 0 aromatic heterocycles. The molecule has 4 nitrogen and oxygen atoms in total. The van der Waals surface area contributed by atoms with Crippen molar-refractivity contribution in [3.63, 3.8) is 0 Å². The zero-order valence-electron chi connectivity index (χ0n) is 12.7. The van der Waals surface area contributed by atoms with Gasteiger partial charge in [-0.15, -0.1) is 0 Å². The summed E-state index contributed by atoms with van der Waals surface area (Å²) in [6, 6.07) is 10.1. The molecule has 1 fully saturated rings. The monoisotopic (exact) mass is 299 g/mol. The number of aliphatic carboxylic acids is 1. The highest BCUT2D eigenvalue weighted by Crippen LogP contribution is 2.46. The van der Waals surface area contributed by atoms with Crippen molar-refractivity contribution in [3.8, 4) is 0 Å². The Labute approximate surface area is 130 Å². The zero-order chi connectivity index (χ0) is 15.7. The number of carboxylic acid groups (broad SMARTS) is 1. The SMILES string of the molecule is CC1=C(c2ccccc2)C1C(=O)NC1CCC(C(=O)O)CC1. The van der Waals surface area contributed by atoms with Crippen molar-refractivity contribution in [2.24, 2.45) is 11.8 Å². The van der Waals surface area contributed by atoms with Crippen LogP contribution in [0.5, 0.6) is 0 Å². The van der Waals surface area contributed by atoms with Crippen molar-refractivity contribution in [2.75, 3.05) is 0 Å². The molecule has 116 valence electrons. The molecule has 0 aliphatic heterocycles. The van der Waals surface area contributed by atoms with Crippen molar-refractivity contribution >= 4 is 17.4 Å². The molecule has 1 saturated carbocycles. The lowest BCUT2D eigenvalue weighted by Gasteiger charge is -2.27. The van der Waals surface area contributed by atoms with Crippen LogP contribution in [0.2, 0.25) is 0 Å². The van der Waals surface area contributed by atoms with E-state index in [0.717, 1.165) is 29.6 Å². The maximum Gasteiger partial charge on any atom is 0.306 e. The molecule has 1 atom stereocenters. The largest absolute Gasteiger partial charge is 0.481 e. The summed E-state index contributed by atoms with van der Waals surface area (Å²) in [4.78, 5) is 23.4. The van der Waals surface area contributed by atoms with Crippen LogP contribution in [0, 0.1) is 11.8 Å². The van der Waals surface area contributed by atoms with Crippen LogP contribution in [-0.4, -0.2) is 23.0 Å². The van der Waals surface area contributed by atoms with Gasteiger partial charge in [0, 0.05) is 6.04 Å². The van der Waals surface area contributed by atoms with Crippen LogP contribution in [0.4, 0.5) is 0 Å². The molecule has 0 bridgehead atoms. The first-order valence-corrected chi connectivity index (χ1v) is 7.87. The van der Waals surface area contributed by atoms with Crippen molar-refractivity contribution in [1.29, 1.82) is 0 Å². The number of nitrogens with one attached hydrogen (secondary N) is 1. The second kappa shape index (κ2) is 5.95. The molecule has 2 aliphatic rings. The molecular formula is C18H21NO3. The zero-order valence-corrected chi connectivity index (χ0v) is 12.7. The number of rotatable bonds is 4. The maximum absolute atomic E-state index is 12.4. The van der Waals surface area contributed by atoms with Crippen LogP contribution in [-0.2, 0) is 9.59 Å². The molecular weight excluding hydrogens is 278 g/mol. The lowest BCUT2D eigenvalue weighted by molar-refractivity contribution is -0.142. The van der Waals surface area contributed by atoms with E-state index in [1.54, 1.807) is 0 Å². The van der Waals surface area contributed by atoms with Crippen LogP contribution in [0.1, 0.15) is 38.2 Å². The summed E-state index contributed by atoms with van der Waals surface area (Å²) in [5, 5.41) is 12.1. The van der Waals surface area contributed by atoms with E-state index in [-0.39, 0.29) is 23.8 Å². The quantitative estimate of drug-likeness (QED) is 0.898. The Kier molecular flexibility index (Phi) is 4.01.